The van der Waals surface area contributed by atoms with Crippen molar-refractivity contribution in [1.29, 1.82) is 0 Å². The molecule has 0 aliphatic rings. The van der Waals surface area contributed by atoms with E-state index in [0.29, 0.717) is 12.7 Å². The fourth-order valence-corrected chi connectivity index (χ4v) is 2.75. The van der Waals surface area contributed by atoms with Crippen LogP contribution in [0.1, 0.15) is 45.4 Å². The maximum atomic E-state index is 12.1. The summed E-state index contributed by atoms with van der Waals surface area (Å²) >= 11 is 3.94. The van der Waals surface area contributed by atoms with E-state index >= 15 is 0 Å². The van der Waals surface area contributed by atoms with E-state index in [1.807, 2.05) is 6.92 Å². The topological polar surface area (TPSA) is 182 Å². The third-order valence-corrected chi connectivity index (χ3v) is 4.51. The van der Waals surface area contributed by atoms with Crippen molar-refractivity contribution in [1.82, 2.24) is 16.0 Å². The molecule has 0 radical (unpaired) electrons. The average molecular weight is 462 g/mol. The minimum absolute atomic E-state index is 0.0915. The number of thiol groups is 1. The van der Waals surface area contributed by atoms with E-state index in [4.69, 9.17) is 5.11 Å². The van der Waals surface area contributed by atoms with Crippen molar-refractivity contribution in [2.75, 3.05) is 12.3 Å². The molecule has 0 aromatic rings. The molecule has 0 heterocycles. The highest BCUT2D eigenvalue weighted by atomic mass is 32.1. The van der Waals surface area contributed by atoms with Crippen LogP contribution >= 0.6 is 12.6 Å². The van der Waals surface area contributed by atoms with Crippen molar-refractivity contribution in [2.24, 2.45) is 0 Å². The molecule has 6 N–H and O–H groups in total. The fourth-order valence-electron chi connectivity index (χ4n) is 2.50. The number of carboxylic acids is 2. The lowest BCUT2D eigenvalue weighted by Crippen LogP contribution is -2.49. The quantitative estimate of drug-likeness (QED) is 0.0646. The molecule has 0 aliphatic carbocycles. The van der Waals surface area contributed by atoms with Crippen LogP contribution in [0.3, 0.4) is 0 Å². The number of aldehydes is 1. The summed E-state index contributed by atoms with van der Waals surface area (Å²) in [4.78, 5) is 57.1. The van der Waals surface area contributed by atoms with Crippen LogP contribution in [0.25, 0.3) is 0 Å². The van der Waals surface area contributed by atoms with Gasteiger partial charge >= 0.3 is 11.9 Å². The second-order valence-corrected chi connectivity index (χ2v) is 7.16. The van der Waals surface area contributed by atoms with E-state index in [0.717, 1.165) is 19.3 Å². The van der Waals surface area contributed by atoms with Crippen LogP contribution < -0.4 is 16.0 Å². The molecule has 3 atom stereocenters. The number of carboxylic acid groups (broad SMARTS) is 2. The van der Waals surface area contributed by atoms with Gasteiger partial charge in [0.05, 0.1) is 11.8 Å². The Labute approximate surface area is 186 Å². The van der Waals surface area contributed by atoms with Gasteiger partial charge in [-0.05, 0) is 18.9 Å². The fraction of sp³-hybridized carbons (Fsp3) is 0.632. The predicted octanol–water partition coefficient (Wildman–Crippen LogP) is -0.551. The Morgan fingerprint density at radius 3 is 2.23 bits per heavy atom. The summed E-state index contributed by atoms with van der Waals surface area (Å²) in [5, 5.41) is 34.8. The molecule has 12 heteroatoms. The van der Waals surface area contributed by atoms with Crippen LogP contribution in [0.2, 0.25) is 0 Å². The summed E-state index contributed by atoms with van der Waals surface area (Å²) in [5.41, 5.74) is -0.0990. The molecule has 11 nitrogen and oxygen atoms in total. The molecule has 0 saturated heterocycles. The normalized spacial score (nSPS) is 14.1. The number of hydrogen-bond acceptors (Lipinski definition) is 8. The van der Waals surface area contributed by atoms with Gasteiger partial charge in [0.1, 0.15) is 18.6 Å². The Bertz CT molecular complexity index is 656. The molecular formula is C19H31N3O8S. The van der Waals surface area contributed by atoms with E-state index in [2.05, 4.69) is 28.6 Å². The van der Waals surface area contributed by atoms with Gasteiger partial charge in [0.15, 0.2) is 6.29 Å². The van der Waals surface area contributed by atoms with Gasteiger partial charge in [-0.25, -0.2) is 4.79 Å². The SMILES string of the molecule is CCCCCC(O)C=C(C=O)N[C@@H](CCC(=O)N[C@@H](CS)C(=O)NCC(=O)O)C(=O)O. The largest absolute Gasteiger partial charge is 0.480 e. The third kappa shape index (κ3) is 13.3. The van der Waals surface area contributed by atoms with Crippen LogP contribution in [0.15, 0.2) is 11.8 Å². The highest BCUT2D eigenvalue weighted by Crippen LogP contribution is 2.07. The standard InChI is InChI=1S/C19H31N3O8S/c1-2-3-4-5-13(24)8-12(10-23)21-14(19(29)30)6-7-16(25)22-15(11-31)18(28)20-9-17(26)27/h8,10,13-15,21,24,31H,2-7,9,11H2,1H3,(H,20,28)(H,22,25)(H,26,27)(H,29,30)/t13?,14-,15-/m0/s1. The van der Waals surface area contributed by atoms with Crippen LogP contribution in [0, 0.1) is 0 Å². The van der Waals surface area contributed by atoms with Gasteiger partial charge < -0.3 is 31.3 Å². The molecule has 0 fully saturated rings. The van der Waals surface area contributed by atoms with E-state index in [9.17, 15) is 34.2 Å². The Kier molecular flexibility index (Phi) is 14.8. The van der Waals surface area contributed by atoms with Crippen LogP contribution in [-0.2, 0) is 24.0 Å². The maximum Gasteiger partial charge on any atom is 0.326 e. The van der Waals surface area contributed by atoms with Crippen molar-refractivity contribution in [3.63, 3.8) is 0 Å². The Hall–Kier alpha value is -2.60. The number of allylic oxidation sites excluding steroid dienone is 1. The van der Waals surface area contributed by atoms with Crippen LogP contribution in [0.4, 0.5) is 0 Å². The van der Waals surface area contributed by atoms with Gasteiger partial charge in [0.25, 0.3) is 0 Å². The molecule has 0 saturated carbocycles. The Morgan fingerprint density at radius 2 is 1.71 bits per heavy atom. The number of carbonyl (C=O) groups excluding carboxylic acids is 3. The van der Waals surface area contributed by atoms with E-state index in [1.165, 1.54) is 6.08 Å². The second-order valence-electron chi connectivity index (χ2n) is 6.79. The van der Waals surface area contributed by atoms with Crippen molar-refractivity contribution in [3.8, 4) is 0 Å². The summed E-state index contributed by atoms with van der Waals surface area (Å²) in [6.45, 7) is 1.39. The third-order valence-electron chi connectivity index (χ3n) is 4.15. The zero-order chi connectivity index (χ0) is 23.8. The van der Waals surface area contributed by atoms with Crippen molar-refractivity contribution < 1.29 is 39.3 Å². The number of unbranched alkanes of at least 4 members (excludes halogenated alkanes) is 2. The summed E-state index contributed by atoms with van der Waals surface area (Å²) in [6, 6.07) is -2.37. The first-order chi connectivity index (χ1) is 14.6. The van der Waals surface area contributed by atoms with Gasteiger partial charge in [-0.3, -0.25) is 19.2 Å². The Balaban J connectivity index is 4.79. The molecule has 2 amide bonds. The van der Waals surface area contributed by atoms with E-state index < -0.39 is 48.5 Å². The lowest BCUT2D eigenvalue weighted by Gasteiger charge is -2.18. The Morgan fingerprint density at radius 1 is 1.03 bits per heavy atom. The number of aliphatic hydroxyl groups excluding tert-OH is 1. The van der Waals surface area contributed by atoms with Gasteiger partial charge in [-0.15, -0.1) is 0 Å². The van der Waals surface area contributed by atoms with Gasteiger partial charge in [-0.1, -0.05) is 26.2 Å². The van der Waals surface area contributed by atoms with Crippen LogP contribution in [-0.4, -0.2) is 75.8 Å². The molecule has 31 heavy (non-hydrogen) atoms. The summed E-state index contributed by atoms with van der Waals surface area (Å²) in [6.07, 6.45) is 3.32. The zero-order valence-electron chi connectivity index (χ0n) is 17.4. The molecular weight excluding hydrogens is 430 g/mol. The van der Waals surface area contributed by atoms with Crippen molar-refractivity contribution in [3.05, 3.63) is 11.8 Å². The maximum absolute atomic E-state index is 12.1. The highest BCUT2D eigenvalue weighted by Gasteiger charge is 2.23. The van der Waals surface area contributed by atoms with Gasteiger partial charge in [0.2, 0.25) is 11.8 Å². The lowest BCUT2D eigenvalue weighted by molar-refractivity contribution is -0.139. The van der Waals surface area contributed by atoms with Crippen molar-refractivity contribution >= 4 is 42.7 Å². The number of rotatable bonds is 17. The van der Waals surface area contributed by atoms with Crippen LogP contribution in [0.5, 0.6) is 0 Å². The first-order valence-electron chi connectivity index (χ1n) is 9.88. The molecule has 176 valence electrons. The monoisotopic (exact) mass is 461 g/mol. The summed E-state index contributed by atoms with van der Waals surface area (Å²) in [7, 11) is 0. The molecule has 0 aromatic heterocycles. The molecule has 0 spiro atoms. The molecule has 0 rings (SSSR count). The molecule has 1 unspecified atom stereocenters. The van der Waals surface area contributed by atoms with E-state index in [1.54, 1.807) is 0 Å². The first-order valence-corrected chi connectivity index (χ1v) is 10.5. The smallest absolute Gasteiger partial charge is 0.326 e. The number of aliphatic carboxylic acids is 2. The molecule has 0 aromatic carbocycles. The minimum atomic E-state index is -1.30. The first kappa shape index (κ1) is 28.4. The van der Waals surface area contributed by atoms with Gasteiger partial charge in [0, 0.05) is 12.2 Å². The number of carbonyl (C=O) groups is 5. The predicted molar refractivity (Wildman–Crippen MR) is 115 cm³/mol. The summed E-state index contributed by atoms with van der Waals surface area (Å²) in [5.74, 6) is -4.02. The minimum Gasteiger partial charge on any atom is -0.480 e. The van der Waals surface area contributed by atoms with Gasteiger partial charge in [-0.2, -0.15) is 12.6 Å². The van der Waals surface area contributed by atoms with E-state index in [-0.39, 0.29) is 24.3 Å². The summed E-state index contributed by atoms with van der Waals surface area (Å²) < 4.78 is 0. The molecule has 0 aliphatic heterocycles. The number of nitrogens with one attached hydrogen (secondary N) is 3. The second kappa shape index (κ2) is 16.1. The average Bonchev–Trinajstić information content (AvgIpc) is 2.72. The lowest BCUT2D eigenvalue weighted by atomic mass is 10.1. The van der Waals surface area contributed by atoms with Crippen molar-refractivity contribution in [2.45, 2.75) is 63.6 Å². The number of amides is 2. The molecule has 0 bridgehead atoms. The zero-order valence-corrected chi connectivity index (χ0v) is 18.3. The number of hydrogen-bond donors (Lipinski definition) is 7. The number of aliphatic hydroxyl groups is 1. The highest BCUT2D eigenvalue weighted by molar-refractivity contribution is 7.80.